The molecule has 0 bridgehead atoms. The summed E-state index contributed by atoms with van der Waals surface area (Å²) >= 11 is 6.18. The first-order chi connectivity index (χ1) is 14.1. The summed E-state index contributed by atoms with van der Waals surface area (Å²) in [6.45, 7) is 0.119. The second-order valence-electron chi connectivity index (χ2n) is 7.16. The molecule has 1 saturated heterocycles. The van der Waals surface area contributed by atoms with Gasteiger partial charge in [0.25, 0.3) is 0 Å². The first-order valence-electron chi connectivity index (χ1n) is 9.39. The van der Waals surface area contributed by atoms with Gasteiger partial charge in [-0.15, -0.1) is 0 Å². The molecule has 3 atom stereocenters. The zero-order valence-electron chi connectivity index (χ0n) is 15.9. The lowest BCUT2D eigenvalue weighted by molar-refractivity contribution is -0.154. The molecule has 7 nitrogen and oxygen atoms in total. The molecule has 1 fully saturated rings. The number of anilines is 2. The number of halogens is 1. The van der Waals surface area contributed by atoms with E-state index in [9.17, 15) is 14.7 Å². The molecule has 3 amide bonds. The van der Waals surface area contributed by atoms with Crippen LogP contribution in [0.3, 0.4) is 0 Å². The van der Waals surface area contributed by atoms with E-state index < -0.39 is 0 Å². The van der Waals surface area contributed by atoms with Crippen LogP contribution >= 0.6 is 11.6 Å². The van der Waals surface area contributed by atoms with Crippen molar-refractivity contribution in [1.82, 2.24) is 4.90 Å². The largest absolute Gasteiger partial charge is 0.394 e. The maximum absolute atomic E-state index is 13.1. The van der Waals surface area contributed by atoms with Crippen LogP contribution in [0.2, 0.25) is 5.02 Å². The van der Waals surface area contributed by atoms with Gasteiger partial charge >= 0.3 is 6.03 Å². The average Bonchev–Trinajstić information content (AvgIpc) is 2.70. The number of carbonyl (C=O) groups excluding carboxylic acids is 2. The third kappa shape index (κ3) is 3.35. The van der Waals surface area contributed by atoms with E-state index in [0.29, 0.717) is 17.3 Å². The number of amides is 3. The van der Waals surface area contributed by atoms with Gasteiger partial charge in [-0.1, -0.05) is 41.9 Å². The fraction of sp³-hybridized carbons (Fsp3) is 0.333. The normalized spacial score (nSPS) is 22.4. The van der Waals surface area contributed by atoms with Crippen molar-refractivity contribution in [2.45, 2.75) is 18.0 Å². The summed E-state index contributed by atoms with van der Waals surface area (Å²) in [4.78, 5) is 28.9. The summed E-state index contributed by atoms with van der Waals surface area (Å²) in [6, 6.07) is 13.8. The number of carbonyl (C=O) groups is 2. The molecule has 2 heterocycles. The summed E-state index contributed by atoms with van der Waals surface area (Å²) in [5.74, 6) is -0.222. The Labute approximate surface area is 173 Å². The average molecular weight is 416 g/mol. The number of nitrogens with zero attached hydrogens (tertiary/aromatic N) is 2. The number of fused-ring (bicyclic) bond motifs is 3. The monoisotopic (exact) mass is 415 g/mol. The third-order valence-corrected chi connectivity index (χ3v) is 5.93. The zero-order valence-corrected chi connectivity index (χ0v) is 16.7. The Morgan fingerprint density at radius 1 is 1.21 bits per heavy atom. The van der Waals surface area contributed by atoms with Crippen molar-refractivity contribution in [3.63, 3.8) is 0 Å². The lowest BCUT2D eigenvalue weighted by Gasteiger charge is -2.58. The number of aliphatic hydroxyl groups excluding tert-OH is 1. The summed E-state index contributed by atoms with van der Waals surface area (Å²) in [7, 11) is 1.46. The van der Waals surface area contributed by atoms with E-state index in [-0.39, 0.29) is 43.2 Å². The molecule has 0 unspecified atom stereocenters. The van der Waals surface area contributed by atoms with Crippen LogP contribution in [0.4, 0.5) is 16.2 Å². The number of rotatable bonds is 4. The number of methoxy groups -OCH3 is 1. The van der Waals surface area contributed by atoms with E-state index in [4.69, 9.17) is 16.3 Å². The van der Waals surface area contributed by atoms with Crippen molar-refractivity contribution in [2.75, 3.05) is 37.1 Å². The fourth-order valence-electron chi connectivity index (χ4n) is 4.37. The van der Waals surface area contributed by atoms with Crippen molar-refractivity contribution < 1.29 is 19.4 Å². The van der Waals surface area contributed by atoms with E-state index >= 15 is 0 Å². The zero-order chi connectivity index (χ0) is 20.5. The van der Waals surface area contributed by atoms with Gasteiger partial charge in [0, 0.05) is 25.3 Å². The van der Waals surface area contributed by atoms with Gasteiger partial charge in [-0.2, -0.15) is 0 Å². The number of hydrogen-bond donors (Lipinski definition) is 2. The van der Waals surface area contributed by atoms with Gasteiger partial charge in [-0.25, -0.2) is 4.79 Å². The molecule has 0 aromatic heterocycles. The van der Waals surface area contributed by atoms with Crippen LogP contribution in [0.1, 0.15) is 11.5 Å². The second-order valence-corrected chi connectivity index (χ2v) is 7.56. The Bertz CT molecular complexity index is 938. The molecule has 0 spiro atoms. The smallest absolute Gasteiger partial charge is 0.326 e. The lowest BCUT2D eigenvalue weighted by atomic mass is 9.72. The highest BCUT2D eigenvalue weighted by Gasteiger charge is 2.55. The van der Waals surface area contributed by atoms with E-state index in [0.717, 1.165) is 11.3 Å². The van der Waals surface area contributed by atoms with Gasteiger partial charge in [0.1, 0.15) is 6.61 Å². The predicted molar refractivity (Wildman–Crippen MR) is 110 cm³/mol. The first-order valence-corrected chi connectivity index (χ1v) is 9.77. The Morgan fingerprint density at radius 3 is 2.66 bits per heavy atom. The van der Waals surface area contributed by atoms with Gasteiger partial charge in [0.05, 0.1) is 29.4 Å². The second kappa shape index (κ2) is 8.02. The number of ether oxygens (including phenoxy) is 1. The number of benzene rings is 2. The molecular formula is C21H22ClN3O4. The Kier molecular flexibility index (Phi) is 5.45. The highest BCUT2D eigenvalue weighted by atomic mass is 35.5. The predicted octanol–water partition coefficient (Wildman–Crippen LogP) is 2.69. The minimum absolute atomic E-state index is 0.0265. The minimum Gasteiger partial charge on any atom is -0.394 e. The first kappa shape index (κ1) is 19.7. The molecule has 0 saturated carbocycles. The van der Waals surface area contributed by atoms with Crippen molar-refractivity contribution in [2.24, 2.45) is 0 Å². The van der Waals surface area contributed by atoms with E-state index in [1.807, 2.05) is 24.3 Å². The fourth-order valence-corrected chi connectivity index (χ4v) is 4.55. The summed E-state index contributed by atoms with van der Waals surface area (Å²) in [5, 5.41) is 13.2. The van der Waals surface area contributed by atoms with Crippen LogP contribution in [0.5, 0.6) is 0 Å². The summed E-state index contributed by atoms with van der Waals surface area (Å²) < 4.78 is 4.99. The molecule has 2 aromatic rings. The number of nitrogens with one attached hydrogen (secondary N) is 1. The quantitative estimate of drug-likeness (QED) is 0.804. The van der Waals surface area contributed by atoms with Crippen molar-refractivity contribution >= 4 is 34.9 Å². The summed E-state index contributed by atoms with van der Waals surface area (Å²) in [5.41, 5.74) is 2.24. The molecule has 2 aliphatic heterocycles. The van der Waals surface area contributed by atoms with Crippen molar-refractivity contribution in [1.29, 1.82) is 0 Å². The van der Waals surface area contributed by atoms with Crippen LogP contribution in [0.25, 0.3) is 0 Å². The van der Waals surface area contributed by atoms with E-state index in [1.165, 1.54) is 7.11 Å². The van der Waals surface area contributed by atoms with Crippen molar-refractivity contribution in [3.05, 3.63) is 59.1 Å². The SMILES string of the molecule is COCC(=O)N1[C@H](CO)[C@@H]2c3ccccc3N(C(=O)Nc3ccccc3Cl)C[C@@H]21. The highest BCUT2D eigenvalue weighted by molar-refractivity contribution is 6.33. The molecule has 2 aliphatic rings. The number of urea groups is 1. The standard InChI is InChI=1S/C21H22ClN3O4/c1-29-12-19(27)25-17-10-24(21(28)23-15-8-4-3-7-14(15)22)16-9-5-2-6-13(16)20(17)18(25)11-26/h2-9,17-18,20,26H,10-12H2,1H3,(H,23,28)/t17-,18+,20+/m0/s1. The Balaban J connectivity index is 1.65. The van der Waals surface area contributed by atoms with Crippen LogP contribution in [0, 0.1) is 0 Å². The minimum atomic E-state index is -0.324. The highest BCUT2D eigenvalue weighted by Crippen LogP contribution is 2.48. The van der Waals surface area contributed by atoms with Crippen LogP contribution in [0.15, 0.2) is 48.5 Å². The molecule has 0 radical (unpaired) electrons. The Hall–Kier alpha value is -2.61. The summed E-state index contributed by atoms with van der Waals surface area (Å²) in [6.07, 6.45) is 0. The molecule has 152 valence electrons. The van der Waals surface area contributed by atoms with Crippen LogP contribution in [-0.4, -0.2) is 60.9 Å². The molecule has 29 heavy (non-hydrogen) atoms. The maximum Gasteiger partial charge on any atom is 0.326 e. The van der Waals surface area contributed by atoms with E-state index in [1.54, 1.807) is 34.1 Å². The van der Waals surface area contributed by atoms with E-state index in [2.05, 4.69) is 5.32 Å². The topological polar surface area (TPSA) is 82.1 Å². The maximum atomic E-state index is 13.1. The molecule has 8 heteroatoms. The van der Waals surface area contributed by atoms with Gasteiger partial charge < -0.3 is 20.1 Å². The van der Waals surface area contributed by atoms with Gasteiger partial charge in [0.15, 0.2) is 0 Å². The van der Waals surface area contributed by atoms with Crippen LogP contribution < -0.4 is 10.2 Å². The van der Waals surface area contributed by atoms with Gasteiger partial charge in [0.2, 0.25) is 5.91 Å². The molecule has 0 aliphatic carbocycles. The number of para-hydroxylation sites is 2. The number of likely N-dealkylation sites (tertiary alicyclic amines) is 1. The van der Waals surface area contributed by atoms with Gasteiger partial charge in [-0.05, 0) is 23.8 Å². The molecule has 2 aromatic carbocycles. The third-order valence-electron chi connectivity index (χ3n) is 5.60. The number of hydrogen-bond acceptors (Lipinski definition) is 4. The molecular weight excluding hydrogens is 394 g/mol. The molecule has 2 N–H and O–H groups in total. The molecule has 4 rings (SSSR count). The lowest BCUT2D eigenvalue weighted by Crippen LogP contribution is -2.71. The van der Waals surface area contributed by atoms with Gasteiger partial charge in [-0.3, -0.25) is 9.69 Å². The number of aliphatic hydroxyl groups is 1. The van der Waals surface area contributed by atoms with Crippen LogP contribution in [-0.2, 0) is 9.53 Å². The van der Waals surface area contributed by atoms with Crippen molar-refractivity contribution in [3.8, 4) is 0 Å². The Morgan fingerprint density at radius 2 is 1.93 bits per heavy atom.